The fourth-order valence-corrected chi connectivity index (χ4v) is 12.8. The van der Waals surface area contributed by atoms with Crippen LogP contribution in [0, 0.1) is 10.8 Å². The molecule has 0 saturated carbocycles. The van der Waals surface area contributed by atoms with Crippen molar-refractivity contribution in [2.75, 3.05) is 52.9 Å². The van der Waals surface area contributed by atoms with Crippen LogP contribution < -0.4 is 29.0 Å². The molecule has 0 aromatic carbocycles. The molecule has 12 rings (SSSR count). The van der Waals surface area contributed by atoms with Crippen molar-refractivity contribution in [3.05, 3.63) is 71.3 Å². The van der Waals surface area contributed by atoms with Gasteiger partial charge in [-0.25, -0.2) is 0 Å². The van der Waals surface area contributed by atoms with Gasteiger partial charge in [0.2, 0.25) is 0 Å². The van der Waals surface area contributed by atoms with E-state index in [0.717, 1.165) is 29.1 Å². The average Bonchev–Trinajstić information content (AvgIpc) is 1.78. The van der Waals surface area contributed by atoms with Crippen LogP contribution in [-0.4, -0.2) is 420 Å². The molecule has 6 aromatic rings. The Bertz CT molecular complexity index is 3420. The topological polar surface area (TPSA) is 724 Å². The van der Waals surface area contributed by atoms with E-state index in [9.17, 15) is 91.9 Å². The number of aromatic nitrogens is 18. The molecule has 0 aliphatic carbocycles. The quantitative estimate of drug-likeness (QED) is 0.0170. The van der Waals surface area contributed by atoms with Gasteiger partial charge in [0.1, 0.15) is 144 Å². The molecule has 30 atom stereocenters. The van der Waals surface area contributed by atoms with Crippen LogP contribution in [0.25, 0.3) is 0 Å². The summed E-state index contributed by atoms with van der Waals surface area (Å²) in [5.74, 6) is 0. The van der Waals surface area contributed by atoms with E-state index in [0.29, 0.717) is 0 Å². The number of ether oxygens (including phenoxy) is 13. The predicted molar refractivity (Wildman–Crippen MR) is 367 cm³/mol. The van der Waals surface area contributed by atoms with Crippen LogP contribution in [0.4, 0.5) is 0 Å². The first-order valence-corrected chi connectivity index (χ1v) is 37.5. The molecule has 119 heavy (non-hydrogen) atoms. The van der Waals surface area contributed by atoms with Gasteiger partial charge in [-0.1, -0.05) is 29.1 Å². The Hall–Kier alpha value is -7.60. The smallest absolute Gasteiger partial charge is 0.256 e. The Balaban J connectivity index is 0.848. The van der Waals surface area contributed by atoms with E-state index in [1.165, 1.54) is 78.7 Å². The van der Waals surface area contributed by atoms with Gasteiger partial charge in [0.05, 0.1) is 177 Å². The number of aliphatic hydroxyl groups excluding tert-OH is 18. The van der Waals surface area contributed by atoms with Crippen molar-refractivity contribution < 1.29 is 183 Å². The third-order valence-electron chi connectivity index (χ3n) is 20.0. The van der Waals surface area contributed by atoms with Crippen LogP contribution in [-0.2, 0) is 101 Å². The van der Waals surface area contributed by atoms with E-state index in [1.54, 1.807) is 0 Å². The molecule has 6 aromatic heterocycles. The summed E-state index contributed by atoms with van der Waals surface area (Å²) in [5.41, 5.74) is -2.51. The van der Waals surface area contributed by atoms with Gasteiger partial charge in [-0.05, 0) is 72.8 Å². The molecule has 55 heteroatoms. The number of hydrogen-bond donors (Lipinski definition) is 18. The lowest BCUT2D eigenvalue weighted by Gasteiger charge is -2.38. The number of hydrogen-bond acceptors (Lipinski definition) is 49. The van der Waals surface area contributed by atoms with Crippen molar-refractivity contribution in [1.29, 1.82) is 0 Å². The van der Waals surface area contributed by atoms with E-state index in [2.05, 4.69) is 61.9 Å². The highest BCUT2D eigenvalue weighted by molar-refractivity contribution is 4.99. The minimum atomic E-state index is -1.74. The second kappa shape index (κ2) is 40.2. The molecule has 0 spiro atoms. The summed E-state index contributed by atoms with van der Waals surface area (Å²) in [4.78, 5) is 39.1. The van der Waals surface area contributed by atoms with Crippen molar-refractivity contribution in [3.63, 3.8) is 0 Å². The number of nitrogens with zero attached hydrogens (tertiary/aromatic N) is 18. The molecule has 12 heterocycles. The summed E-state index contributed by atoms with van der Waals surface area (Å²) in [6.07, 6.45) is -36.7. The van der Waals surface area contributed by atoms with Crippen molar-refractivity contribution in [2.45, 2.75) is 265 Å². The number of rotatable bonds is 40. The van der Waals surface area contributed by atoms with E-state index in [-0.39, 0.29) is 73.8 Å². The fraction of sp³-hybridized carbons (Fsp3) is 0.812. The molecule has 0 bridgehead atoms. The molecule has 55 nitrogen and oxygen atoms in total. The van der Waals surface area contributed by atoms with E-state index >= 15 is 0 Å². The Labute approximate surface area is 672 Å². The molecule has 18 N–H and O–H groups in total. The van der Waals surface area contributed by atoms with Crippen LogP contribution in [0.15, 0.2) is 37.2 Å². The van der Waals surface area contributed by atoms with Gasteiger partial charge in [-0.15, -0.1) is 30.6 Å². The molecule has 6 fully saturated rings. The van der Waals surface area contributed by atoms with Crippen LogP contribution >= 0.6 is 0 Å². The van der Waals surface area contributed by atoms with E-state index < -0.39 is 248 Å². The Morgan fingerprint density at radius 3 is 0.521 bits per heavy atom. The fourth-order valence-electron chi connectivity index (χ4n) is 12.8. The Morgan fingerprint density at radius 1 is 0.227 bits per heavy atom. The first-order chi connectivity index (χ1) is 56.7. The molecule has 6 saturated heterocycles. The maximum Gasteiger partial charge on any atom is 0.256 e. The van der Waals surface area contributed by atoms with Gasteiger partial charge in [0.25, 0.3) is 37.7 Å². The zero-order chi connectivity index (χ0) is 85.3. The van der Waals surface area contributed by atoms with Gasteiger partial charge >= 0.3 is 0 Å². The third kappa shape index (κ3) is 22.4. The summed E-state index contributed by atoms with van der Waals surface area (Å²) in [6, 6.07) is 0. The predicted octanol–water partition coefficient (Wildman–Crippen LogP) is -14.6. The maximum absolute atomic E-state index is 10.7. The second-order valence-electron chi connectivity index (χ2n) is 29.8. The molecule has 0 unspecified atom stereocenters. The third-order valence-corrected chi connectivity index (χ3v) is 20.0. The minimum absolute atomic E-state index is 0.102. The largest absolute Gasteiger partial charge is 0.388 e. The van der Waals surface area contributed by atoms with Gasteiger partial charge in [0, 0.05) is 0 Å². The molecule has 6 aliphatic rings. The normalized spacial score (nSPS) is 35.4. The second-order valence-corrected chi connectivity index (χ2v) is 29.8. The van der Waals surface area contributed by atoms with Crippen LogP contribution in [0.5, 0.6) is 0 Å². The summed E-state index contributed by atoms with van der Waals surface area (Å²) in [7, 11) is 0. The molecule has 668 valence electrons. The lowest BCUT2D eigenvalue weighted by atomic mass is 9.90. The molecule has 0 radical (unpaired) electrons. The summed E-state index contributed by atoms with van der Waals surface area (Å²) in [6.45, 7) is 3.12. The molecular weight excluding hydrogens is 1610 g/mol. The summed E-state index contributed by atoms with van der Waals surface area (Å²) in [5, 5.41) is 238. The van der Waals surface area contributed by atoms with Gasteiger partial charge in [-0.3, -0.25) is 0 Å². The van der Waals surface area contributed by atoms with Crippen molar-refractivity contribution in [1.82, 2.24) is 90.9 Å². The molecular formula is C64H100N18O37. The highest BCUT2D eigenvalue weighted by Crippen LogP contribution is 2.31. The van der Waals surface area contributed by atoms with Crippen molar-refractivity contribution in [3.8, 4) is 0 Å². The maximum atomic E-state index is 10.7. The Morgan fingerprint density at radius 2 is 0.370 bits per heavy atom. The van der Waals surface area contributed by atoms with Crippen LogP contribution in [0.2, 0.25) is 0 Å². The zero-order valence-corrected chi connectivity index (χ0v) is 64.5. The highest BCUT2D eigenvalue weighted by Gasteiger charge is 2.50. The average molecular weight is 1710 g/mol. The van der Waals surface area contributed by atoms with Crippen LogP contribution in [0.1, 0.15) is 75.7 Å². The lowest BCUT2D eigenvalue weighted by molar-refractivity contribution is -0.296. The molecule has 0 amide bonds. The standard InChI is InChI=1S/C64H100N18O37/c1-27-39(83)45(89)51(95)57(108-27)114-77-7-33(65-71-77)13-101-19-63(20-102-14-34-8-78(72-66-34)115-58-52(96)46(90)40(84)28(2)109-58,21-103-15-35-9-79(73-67-35)116-59-53(97)47(91)41(85)29(3)110-59)25-107-26-64(22-104-16-36-10-80(74-68-36)117-60-54(98)48(92)42(86)30(4)111-60,23-105-17-37-11-81(75-69-37)118-61-55(99)49(93)43(87)31(5)112-61)24-106-18-38-12-82(76-70-38)119-62-56(100)50(94)44(88)32(6)113-62/h7-12,27-32,39-62,83-100H,13-26H2,1-6H3/t27-,28-,29-,30-,31-,32-,39+,40+,41+,42+,43+,44+,45+,46+,47+,48+,49+,50+,51-,52-,53-,54-,55-,56-,57-,58-,59-,60-,61-,62-/m0/s1. The van der Waals surface area contributed by atoms with Crippen molar-refractivity contribution >= 4 is 0 Å². The monoisotopic (exact) mass is 1710 g/mol. The summed E-state index contributed by atoms with van der Waals surface area (Å²) < 4.78 is 79.0. The van der Waals surface area contributed by atoms with Crippen LogP contribution in [0.3, 0.4) is 0 Å². The van der Waals surface area contributed by atoms with E-state index in [4.69, 9.17) is 90.6 Å². The SMILES string of the molecule is C[C@@H]1O[C@@H](On2cc(COCC(COCc3cn(O[C@@H]4O[C@@H](C)[C@@H](O)[C@@H](O)[C@@H]4O)nn3)(COCc3cn(O[C@@H]4O[C@@H](C)[C@@H](O)[C@@H](O)[C@@H]4O)nn3)COCC(COCc3cn(O[C@@H]4O[C@@H](C)[C@@H](O)[C@@H](O)[C@@H]4O)nn3)(COCc3cn(O[C@@H]4O[C@@H](C)[C@@H](O)[C@@H](O)[C@@H]4O)nn3)COCc3cn(O[C@@H]4O[C@@H](C)[C@@H](O)[C@@H](O)[C@@H]4O)nn3)nn2)[C@@H](O)[C@H](O)[C@@H]1O. The van der Waals surface area contributed by atoms with Gasteiger partial charge in [-0.2, -0.15) is 0 Å². The molecule has 6 aliphatic heterocycles. The minimum Gasteiger partial charge on any atom is -0.388 e. The zero-order valence-electron chi connectivity index (χ0n) is 64.5. The lowest BCUT2D eigenvalue weighted by Crippen LogP contribution is -2.59. The van der Waals surface area contributed by atoms with Gasteiger partial charge < -0.3 is 183 Å². The first-order valence-electron chi connectivity index (χ1n) is 37.5. The first kappa shape index (κ1) is 90.6. The summed E-state index contributed by atoms with van der Waals surface area (Å²) >= 11 is 0. The van der Waals surface area contributed by atoms with Crippen molar-refractivity contribution in [2.24, 2.45) is 10.8 Å². The Kier molecular flexibility index (Phi) is 30.6. The highest BCUT2D eigenvalue weighted by atomic mass is 16.8. The van der Waals surface area contributed by atoms with Gasteiger partial charge in [0.15, 0.2) is 0 Å². The number of aliphatic hydroxyl groups is 18. The van der Waals surface area contributed by atoms with E-state index in [1.807, 2.05) is 0 Å².